The van der Waals surface area contributed by atoms with Gasteiger partial charge in [0, 0.05) is 16.5 Å². The van der Waals surface area contributed by atoms with Crippen molar-refractivity contribution in [2.45, 2.75) is 0 Å². The molecule has 7 heteroatoms. The van der Waals surface area contributed by atoms with Crippen LogP contribution < -0.4 is 4.74 Å². The zero-order chi connectivity index (χ0) is 14.2. The standard InChI is InChI=1S/C14H10N4OS2/c1-19-11-4-2-3-9(7-11)13-17-18-12(10-5-6-20-8-10)15-16-14(18)21-13/h2-8H,1H3. The fraction of sp³-hybridized carbons (Fsp3) is 0.0714. The van der Waals surface area contributed by atoms with Crippen LogP contribution in [0.25, 0.3) is 26.9 Å². The van der Waals surface area contributed by atoms with Crippen molar-refractivity contribution in [1.29, 1.82) is 0 Å². The molecule has 4 aromatic rings. The number of methoxy groups -OCH3 is 1. The molecule has 0 atom stereocenters. The Labute approximate surface area is 128 Å². The number of thiophene rings is 1. The van der Waals surface area contributed by atoms with Crippen LogP contribution in [0.3, 0.4) is 0 Å². The fourth-order valence-electron chi connectivity index (χ4n) is 2.06. The molecule has 3 heterocycles. The van der Waals surface area contributed by atoms with Crippen molar-refractivity contribution in [2.24, 2.45) is 0 Å². The maximum atomic E-state index is 5.26. The van der Waals surface area contributed by atoms with Gasteiger partial charge in [-0.15, -0.1) is 10.2 Å². The van der Waals surface area contributed by atoms with E-state index in [2.05, 4.69) is 15.3 Å². The highest BCUT2D eigenvalue weighted by Gasteiger charge is 2.14. The first-order valence-corrected chi connectivity index (χ1v) is 8.00. The highest BCUT2D eigenvalue weighted by molar-refractivity contribution is 7.19. The summed E-state index contributed by atoms with van der Waals surface area (Å²) in [6, 6.07) is 9.87. The molecule has 3 aromatic heterocycles. The number of aromatic nitrogens is 4. The molecule has 0 aliphatic rings. The molecule has 0 saturated heterocycles. The lowest BCUT2D eigenvalue weighted by Crippen LogP contribution is -1.90. The van der Waals surface area contributed by atoms with E-state index in [0.29, 0.717) is 0 Å². The van der Waals surface area contributed by atoms with Crippen molar-refractivity contribution in [1.82, 2.24) is 19.8 Å². The first-order valence-electron chi connectivity index (χ1n) is 6.24. The number of rotatable bonds is 3. The molecular formula is C14H10N4OS2. The Balaban J connectivity index is 1.84. The van der Waals surface area contributed by atoms with Crippen molar-refractivity contribution < 1.29 is 4.74 Å². The quantitative estimate of drug-likeness (QED) is 0.580. The van der Waals surface area contributed by atoms with E-state index in [1.54, 1.807) is 23.0 Å². The zero-order valence-corrected chi connectivity index (χ0v) is 12.7. The highest BCUT2D eigenvalue weighted by atomic mass is 32.1. The number of hydrogen-bond acceptors (Lipinski definition) is 6. The average molecular weight is 314 g/mol. The van der Waals surface area contributed by atoms with E-state index in [0.717, 1.165) is 32.7 Å². The van der Waals surface area contributed by atoms with Gasteiger partial charge in [-0.3, -0.25) is 0 Å². The summed E-state index contributed by atoms with van der Waals surface area (Å²) in [7, 11) is 1.66. The number of benzene rings is 1. The van der Waals surface area contributed by atoms with Gasteiger partial charge in [0.1, 0.15) is 10.8 Å². The van der Waals surface area contributed by atoms with Crippen LogP contribution in [0.1, 0.15) is 0 Å². The third-order valence-corrected chi connectivity index (χ3v) is 4.72. The molecule has 0 unspecified atom stereocenters. The summed E-state index contributed by atoms with van der Waals surface area (Å²) < 4.78 is 7.05. The first-order chi connectivity index (χ1) is 10.3. The molecule has 0 spiro atoms. The van der Waals surface area contributed by atoms with E-state index in [4.69, 9.17) is 4.74 Å². The summed E-state index contributed by atoms with van der Waals surface area (Å²) in [6.07, 6.45) is 0. The Bertz CT molecular complexity index is 895. The van der Waals surface area contributed by atoms with Gasteiger partial charge in [0.2, 0.25) is 4.96 Å². The molecular weight excluding hydrogens is 304 g/mol. The summed E-state index contributed by atoms with van der Waals surface area (Å²) in [5.74, 6) is 1.59. The third kappa shape index (κ3) is 2.10. The lowest BCUT2D eigenvalue weighted by molar-refractivity contribution is 0.415. The summed E-state index contributed by atoms with van der Waals surface area (Å²) >= 11 is 3.15. The molecule has 4 rings (SSSR count). The smallest absolute Gasteiger partial charge is 0.235 e. The first kappa shape index (κ1) is 12.5. The van der Waals surface area contributed by atoms with Crippen LogP contribution in [0.2, 0.25) is 0 Å². The van der Waals surface area contributed by atoms with Crippen LogP contribution in [-0.4, -0.2) is 26.9 Å². The summed E-state index contributed by atoms with van der Waals surface area (Å²) in [5.41, 5.74) is 2.05. The molecule has 0 saturated carbocycles. The number of fused-ring (bicyclic) bond motifs is 1. The van der Waals surface area contributed by atoms with Crippen LogP contribution in [-0.2, 0) is 0 Å². The number of ether oxygens (including phenoxy) is 1. The topological polar surface area (TPSA) is 52.3 Å². The predicted molar refractivity (Wildman–Crippen MR) is 84.0 cm³/mol. The van der Waals surface area contributed by atoms with Gasteiger partial charge < -0.3 is 4.74 Å². The second-order valence-electron chi connectivity index (χ2n) is 4.37. The average Bonchev–Trinajstić information content (AvgIpc) is 3.23. The van der Waals surface area contributed by atoms with Gasteiger partial charge in [0.25, 0.3) is 0 Å². The molecule has 0 aliphatic heterocycles. The Hall–Kier alpha value is -2.25. The van der Waals surface area contributed by atoms with Gasteiger partial charge >= 0.3 is 0 Å². The number of hydrogen-bond donors (Lipinski definition) is 0. The van der Waals surface area contributed by atoms with Crippen LogP contribution >= 0.6 is 22.7 Å². The van der Waals surface area contributed by atoms with E-state index in [-0.39, 0.29) is 0 Å². The molecule has 21 heavy (non-hydrogen) atoms. The van der Waals surface area contributed by atoms with Crippen molar-refractivity contribution >= 4 is 27.6 Å². The minimum atomic E-state index is 0.775. The van der Waals surface area contributed by atoms with E-state index in [1.165, 1.54) is 11.3 Å². The van der Waals surface area contributed by atoms with E-state index < -0.39 is 0 Å². The number of nitrogens with zero attached hydrogens (tertiary/aromatic N) is 4. The normalized spacial score (nSPS) is 11.1. The Morgan fingerprint density at radius 2 is 2.10 bits per heavy atom. The van der Waals surface area contributed by atoms with Gasteiger partial charge in [-0.1, -0.05) is 23.5 Å². The van der Waals surface area contributed by atoms with E-state index in [9.17, 15) is 0 Å². The molecule has 104 valence electrons. The van der Waals surface area contributed by atoms with Crippen molar-refractivity contribution in [3.05, 3.63) is 41.1 Å². The van der Waals surface area contributed by atoms with Crippen LogP contribution in [0.4, 0.5) is 0 Å². The Morgan fingerprint density at radius 3 is 2.90 bits per heavy atom. The largest absolute Gasteiger partial charge is 0.497 e. The van der Waals surface area contributed by atoms with E-state index in [1.807, 2.05) is 41.1 Å². The summed E-state index contributed by atoms with van der Waals surface area (Å²) in [6.45, 7) is 0. The van der Waals surface area contributed by atoms with Gasteiger partial charge in [-0.25, -0.2) is 0 Å². The van der Waals surface area contributed by atoms with Gasteiger partial charge in [-0.2, -0.15) is 21.0 Å². The summed E-state index contributed by atoms with van der Waals surface area (Å²) in [4.78, 5) is 0.786. The van der Waals surface area contributed by atoms with Gasteiger partial charge in [0.05, 0.1) is 7.11 Å². The maximum absolute atomic E-state index is 5.26. The second-order valence-corrected chi connectivity index (χ2v) is 6.11. The fourth-order valence-corrected chi connectivity index (χ4v) is 3.53. The zero-order valence-electron chi connectivity index (χ0n) is 11.1. The Morgan fingerprint density at radius 1 is 1.14 bits per heavy atom. The lowest BCUT2D eigenvalue weighted by atomic mass is 10.2. The Kier molecular flexibility index (Phi) is 2.94. The van der Waals surface area contributed by atoms with Gasteiger partial charge in [-0.05, 0) is 23.6 Å². The molecule has 0 bridgehead atoms. The second kappa shape index (κ2) is 4.94. The molecule has 0 amide bonds. The van der Waals surface area contributed by atoms with Crippen molar-refractivity contribution in [2.75, 3.05) is 7.11 Å². The minimum Gasteiger partial charge on any atom is -0.497 e. The SMILES string of the molecule is COc1cccc(-c2nn3c(-c4ccsc4)nnc3s2)c1. The minimum absolute atomic E-state index is 0.775. The summed E-state index contributed by atoms with van der Waals surface area (Å²) in [5, 5.41) is 18.0. The molecule has 5 nitrogen and oxygen atoms in total. The van der Waals surface area contributed by atoms with Crippen LogP contribution in [0, 0.1) is 0 Å². The molecule has 0 N–H and O–H groups in total. The molecule has 0 fully saturated rings. The monoisotopic (exact) mass is 314 g/mol. The third-order valence-electron chi connectivity index (χ3n) is 3.09. The molecule has 0 radical (unpaired) electrons. The maximum Gasteiger partial charge on any atom is 0.235 e. The highest BCUT2D eigenvalue weighted by Crippen LogP contribution is 2.30. The van der Waals surface area contributed by atoms with Crippen molar-refractivity contribution in [3.8, 4) is 27.7 Å². The van der Waals surface area contributed by atoms with Gasteiger partial charge in [0.15, 0.2) is 5.82 Å². The van der Waals surface area contributed by atoms with Crippen molar-refractivity contribution in [3.63, 3.8) is 0 Å². The van der Waals surface area contributed by atoms with E-state index >= 15 is 0 Å². The van der Waals surface area contributed by atoms with Crippen LogP contribution in [0.15, 0.2) is 41.1 Å². The van der Waals surface area contributed by atoms with Crippen LogP contribution in [0.5, 0.6) is 5.75 Å². The predicted octanol–water partition coefficient (Wildman–Crippen LogP) is 3.59. The lowest BCUT2D eigenvalue weighted by Gasteiger charge is -2.00. The molecule has 1 aromatic carbocycles. The molecule has 0 aliphatic carbocycles.